The van der Waals surface area contributed by atoms with Gasteiger partial charge in [-0.3, -0.25) is 0 Å². The standard InChI is InChI=1S/C19H19NO2/c21-13-19(10-9-14-5-1-3-7-17(14)19)20-11-15-12-22-18-8-4-2-6-16(15)18/h1-8,12,20-21H,9-11,13H2. The van der Waals surface area contributed by atoms with Crippen molar-refractivity contribution < 1.29 is 9.52 Å². The van der Waals surface area contributed by atoms with Gasteiger partial charge in [0.1, 0.15) is 5.58 Å². The smallest absolute Gasteiger partial charge is 0.134 e. The Morgan fingerprint density at radius 3 is 2.82 bits per heavy atom. The lowest BCUT2D eigenvalue weighted by atomic mass is 9.92. The molecule has 4 rings (SSSR count). The SMILES string of the molecule is OCC1(NCc2coc3ccccc23)CCc2ccccc21. The Bertz CT molecular complexity index is 808. The predicted molar refractivity (Wildman–Crippen MR) is 86.6 cm³/mol. The van der Waals surface area contributed by atoms with E-state index in [0.29, 0.717) is 6.54 Å². The molecule has 2 N–H and O–H groups in total. The van der Waals surface area contributed by atoms with Crippen molar-refractivity contribution in [3.8, 4) is 0 Å². The van der Waals surface area contributed by atoms with Gasteiger partial charge >= 0.3 is 0 Å². The summed E-state index contributed by atoms with van der Waals surface area (Å²) in [6.07, 6.45) is 3.75. The van der Waals surface area contributed by atoms with Crippen molar-refractivity contribution in [2.45, 2.75) is 24.9 Å². The third-order valence-corrected chi connectivity index (χ3v) is 4.80. The molecule has 0 saturated carbocycles. The van der Waals surface area contributed by atoms with Crippen LogP contribution in [-0.2, 0) is 18.5 Å². The Labute approximate surface area is 129 Å². The Balaban J connectivity index is 1.63. The Morgan fingerprint density at radius 2 is 1.91 bits per heavy atom. The van der Waals surface area contributed by atoms with E-state index in [9.17, 15) is 5.11 Å². The minimum absolute atomic E-state index is 0.111. The van der Waals surface area contributed by atoms with E-state index in [1.54, 1.807) is 0 Å². The zero-order chi connectivity index (χ0) is 15.0. The molecule has 0 fully saturated rings. The molecule has 3 heteroatoms. The number of rotatable bonds is 4. The highest BCUT2D eigenvalue weighted by molar-refractivity contribution is 5.80. The van der Waals surface area contributed by atoms with Gasteiger partial charge in [-0.05, 0) is 30.0 Å². The lowest BCUT2D eigenvalue weighted by molar-refractivity contribution is 0.159. The van der Waals surface area contributed by atoms with Gasteiger partial charge in [0.2, 0.25) is 0 Å². The van der Waals surface area contributed by atoms with Gasteiger partial charge in [0.05, 0.1) is 18.4 Å². The molecule has 0 amide bonds. The van der Waals surface area contributed by atoms with Crippen LogP contribution in [0.15, 0.2) is 59.2 Å². The van der Waals surface area contributed by atoms with Gasteiger partial charge in [-0.2, -0.15) is 0 Å². The molecule has 2 aromatic carbocycles. The molecule has 0 aliphatic heterocycles. The van der Waals surface area contributed by atoms with Crippen LogP contribution in [0.4, 0.5) is 0 Å². The fourth-order valence-electron chi connectivity index (χ4n) is 3.53. The van der Waals surface area contributed by atoms with Gasteiger partial charge in [-0.1, -0.05) is 42.5 Å². The average Bonchev–Trinajstić information content (AvgIpc) is 3.15. The second kappa shape index (κ2) is 5.27. The van der Waals surface area contributed by atoms with Gasteiger partial charge in [-0.15, -0.1) is 0 Å². The Hall–Kier alpha value is -2.10. The van der Waals surface area contributed by atoms with Crippen LogP contribution >= 0.6 is 0 Å². The first-order valence-corrected chi connectivity index (χ1v) is 7.72. The number of fused-ring (bicyclic) bond motifs is 2. The number of aliphatic hydroxyl groups is 1. The lowest BCUT2D eigenvalue weighted by Gasteiger charge is -2.29. The minimum Gasteiger partial charge on any atom is -0.464 e. The third kappa shape index (κ3) is 2.05. The van der Waals surface area contributed by atoms with Gasteiger partial charge < -0.3 is 14.8 Å². The van der Waals surface area contributed by atoms with Crippen molar-refractivity contribution in [2.75, 3.05) is 6.61 Å². The number of hydrogen-bond donors (Lipinski definition) is 2. The van der Waals surface area contributed by atoms with E-state index in [-0.39, 0.29) is 12.1 Å². The predicted octanol–water partition coefficient (Wildman–Crippen LogP) is 3.36. The summed E-state index contributed by atoms with van der Waals surface area (Å²) >= 11 is 0. The molecule has 1 unspecified atom stereocenters. The van der Waals surface area contributed by atoms with E-state index >= 15 is 0 Å². The number of furan rings is 1. The molecule has 0 saturated heterocycles. The molecule has 3 aromatic rings. The normalized spacial score (nSPS) is 20.4. The molecule has 1 aliphatic carbocycles. The Kier molecular flexibility index (Phi) is 3.25. The molecular formula is C19H19NO2. The topological polar surface area (TPSA) is 45.4 Å². The van der Waals surface area contributed by atoms with Gasteiger partial charge in [0.25, 0.3) is 0 Å². The first-order chi connectivity index (χ1) is 10.8. The molecule has 1 heterocycles. The molecule has 1 aromatic heterocycles. The molecule has 22 heavy (non-hydrogen) atoms. The van der Waals surface area contributed by atoms with Gasteiger partial charge in [0, 0.05) is 17.5 Å². The van der Waals surface area contributed by atoms with E-state index in [1.807, 2.05) is 30.5 Å². The molecule has 3 nitrogen and oxygen atoms in total. The highest BCUT2D eigenvalue weighted by Crippen LogP contribution is 2.37. The highest BCUT2D eigenvalue weighted by Gasteiger charge is 2.37. The summed E-state index contributed by atoms with van der Waals surface area (Å²) in [6.45, 7) is 0.797. The van der Waals surface area contributed by atoms with E-state index in [4.69, 9.17) is 4.42 Å². The van der Waals surface area contributed by atoms with E-state index in [0.717, 1.165) is 29.4 Å². The molecule has 0 bridgehead atoms. The summed E-state index contributed by atoms with van der Waals surface area (Å²) in [5.74, 6) is 0. The lowest BCUT2D eigenvalue weighted by Crippen LogP contribution is -2.43. The number of hydrogen-bond acceptors (Lipinski definition) is 3. The van der Waals surface area contributed by atoms with Crippen LogP contribution in [-0.4, -0.2) is 11.7 Å². The van der Waals surface area contributed by atoms with Crippen molar-refractivity contribution in [1.82, 2.24) is 5.32 Å². The van der Waals surface area contributed by atoms with Crippen molar-refractivity contribution in [1.29, 1.82) is 0 Å². The van der Waals surface area contributed by atoms with Crippen LogP contribution in [0, 0.1) is 0 Å². The molecule has 112 valence electrons. The summed E-state index contributed by atoms with van der Waals surface area (Å²) in [5, 5.41) is 14.7. The zero-order valence-corrected chi connectivity index (χ0v) is 12.4. The molecule has 0 spiro atoms. The van der Waals surface area contributed by atoms with E-state index in [1.165, 1.54) is 11.1 Å². The van der Waals surface area contributed by atoms with Crippen molar-refractivity contribution in [2.24, 2.45) is 0 Å². The maximum atomic E-state index is 10.0. The number of nitrogens with one attached hydrogen (secondary N) is 1. The quantitative estimate of drug-likeness (QED) is 0.775. The summed E-state index contributed by atoms with van der Waals surface area (Å²) in [7, 11) is 0. The molecule has 1 atom stereocenters. The summed E-state index contributed by atoms with van der Waals surface area (Å²) in [4.78, 5) is 0. The van der Waals surface area contributed by atoms with Crippen molar-refractivity contribution in [3.63, 3.8) is 0 Å². The summed E-state index contributed by atoms with van der Waals surface area (Å²) in [6, 6.07) is 16.4. The minimum atomic E-state index is -0.338. The number of aliphatic hydroxyl groups excluding tert-OH is 1. The second-order valence-corrected chi connectivity index (χ2v) is 6.01. The summed E-state index contributed by atoms with van der Waals surface area (Å²) < 4.78 is 5.60. The van der Waals surface area contributed by atoms with Crippen molar-refractivity contribution >= 4 is 11.0 Å². The van der Waals surface area contributed by atoms with Crippen LogP contribution in [0.1, 0.15) is 23.1 Å². The monoisotopic (exact) mass is 293 g/mol. The fraction of sp³-hybridized carbons (Fsp3) is 0.263. The van der Waals surface area contributed by atoms with Crippen LogP contribution < -0.4 is 5.32 Å². The van der Waals surface area contributed by atoms with Crippen LogP contribution in [0.5, 0.6) is 0 Å². The average molecular weight is 293 g/mol. The van der Waals surface area contributed by atoms with Crippen LogP contribution in [0.25, 0.3) is 11.0 Å². The first kappa shape index (κ1) is 13.6. The van der Waals surface area contributed by atoms with E-state index in [2.05, 4.69) is 29.6 Å². The maximum Gasteiger partial charge on any atom is 0.134 e. The maximum absolute atomic E-state index is 10.0. The second-order valence-electron chi connectivity index (χ2n) is 6.01. The molecular weight excluding hydrogens is 274 g/mol. The molecule has 0 radical (unpaired) electrons. The number of aryl methyl sites for hydroxylation is 1. The van der Waals surface area contributed by atoms with Crippen LogP contribution in [0.2, 0.25) is 0 Å². The number of para-hydroxylation sites is 1. The highest BCUT2D eigenvalue weighted by atomic mass is 16.3. The largest absolute Gasteiger partial charge is 0.464 e. The molecule has 1 aliphatic rings. The first-order valence-electron chi connectivity index (χ1n) is 7.72. The van der Waals surface area contributed by atoms with E-state index < -0.39 is 0 Å². The van der Waals surface area contributed by atoms with Crippen LogP contribution in [0.3, 0.4) is 0 Å². The third-order valence-electron chi connectivity index (χ3n) is 4.80. The Morgan fingerprint density at radius 1 is 1.09 bits per heavy atom. The number of benzene rings is 2. The van der Waals surface area contributed by atoms with Crippen molar-refractivity contribution in [3.05, 3.63) is 71.5 Å². The van der Waals surface area contributed by atoms with Gasteiger partial charge in [-0.25, -0.2) is 0 Å². The zero-order valence-electron chi connectivity index (χ0n) is 12.4. The fourth-order valence-corrected chi connectivity index (χ4v) is 3.53. The summed E-state index contributed by atoms with van der Waals surface area (Å²) in [5.41, 5.74) is 4.26. The van der Waals surface area contributed by atoms with Gasteiger partial charge in [0.15, 0.2) is 0 Å².